The number of nitrogens with one attached hydrogen (secondary N) is 1. The highest BCUT2D eigenvalue weighted by Gasteiger charge is 2.07. The Hall–Kier alpha value is -2.64. The van der Waals surface area contributed by atoms with Crippen LogP contribution >= 0.6 is 0 Å². The molecule has 0 bridgehead atoms. The number of anilines is 1. The zero-order valence-corrected chi connectivity index (χ0v) is 11.5. The van der Waals surface area contributed by atoms with Gasteiger partial charge in [0.15, 0.2) is 0 Å². The van der Waals surface area contributed by atoms with Crippen LogP contribution in [0.25, 0.3) is 0 Å². The van der Waals surface area contributed by atoms with Gasteiger partial charge in [-0.25, -0.2) is 4.39 Å². The van der Waals surface area contributed by atoms with Crippen molar-refractivity contribution in [2.75, 3.05) is 11.9 Å². The van der Waals surface area contributed by atoms with E-state index < -0.39 is 0 Å². The molecular weight excluding hydrogens is 269 g/mol. The lowest BCUT2D eigenvalue weighted by atomic mass is 10.1. The minimum absolute atomic E-state index is 0.202. The second-order valence-corrected chi connectivity index (χ2v) is 4.46. The summed E-state index contributed by atoms with van der Waals surface area (Å²) in [6.45, 7) is 1.44. The highest BCUT2D eigenvalue weighted by molar-refractivity contribution is 6.04. The van der Waals surface area contributed by atoms with Crippen LogP contribution in [0.5, 0.6) is 0 Å². The molecule has 2 rings (SSSR count). The van der Waals surface area contributed by atoms with Crippen molar-refractivity contribution in [2.45, 2.75) is 6.92 Å². The summed E-state index contributed by atoms with van der Waals surface area (Å²) in [6.07, 6.45) is 0. The minimum Gasteiger partial charge on any atom is -0.384 e. The fourth-order valence-electron chi connectivity index (χ4n) is 1.77. The Bertz CT molecular complexity index is 712. The summed E-state index contributed by atoms with van der Waals surface area (Å²) in [7, 11) is 0. The van der Waals surface area contributed by atoms with Crippen LogP contribution < -0.4 is 5.32 Å². The van der Waals surface area contributed by atoms with Gasteiger partial charge in [0, 0.05) is 16.8 Å². The van der Waals surface area contributed by atoms with E-state index in [1.807, 2.05) is 0 Å². The topological polar surface area (TPSA) is 49.3 Å². The Morgan fingerprint density at radius 2 is 1.95 bits per heavy atom. The molecule has 0 saturated heterocycles. The average Bonchev–Trinajstić information content (AvgIpc) is 2.49. The second-order valence-electron chi connectivity index (χ2n) is 4.46. The molecule has 0 unspecified atom stereocenters. The van der Waals surface area contributed by atoms with Crippen LogP contribution in [0.2, 0.25) is 0 Å². The van der Waals surface area contributed by atoms with Gasteiger partial charge in [0.25, 0.3) is 5.91 Å². The monoisotopic (exact) mass is 283 g/mol. The fraction of sp³-hybridized carbons (Fsp3) is 0.118. The van der Waals surface area contributed by atoms with Gasteiger partial charge in [-0.15, -0.1) is 0 Å². The number of carbonyl (C=O) groups is 1. The quantitative estimate of drug-likeness (QED) is 0.833. The van der Waals surface area contributed by atoms with Gasteiger partial charge in [0.1, 0.15) is 12.4 Å². The van der Waals surface area contributed by atoms with Crippen molar-refractivity contribution in [3.05, 3.63) is 65.0 Å². The van der Waals surface area contributed by atoms with Crippen LogP contribution in [0, 0.1) is 24.6 Å². The number of halogens is 1. The molecular formula is C17H14FNO2. The van der Waals surface area contributed by atoms with E-state index in [4.69, 9.17) is 5.11 Å². The molecule has 0 fully saturated rings. The maximum atomic E-state index is 13.2. The van der Waals surface area contributed by atoms with Gasteiger partial charge >= 0.3 is 0 Å². The van der Waals surface area contributed by atoms with E-state index in [2.05, 4.69) is 17.2 Å². The van der Waals surface area contributed by atoms with Crippen LogP contribution in [-0.4, -0.2) is 17.6 Å². The maximum absolute atomic E-state index is 13.2. The van der Waals surface area contributed by atoms with Crippen molar-refractivity contribution in [3.8, 4) is 11.8 Å². The molecule has 0 heterocycles. The Morgan fingerprint density at radius 3 is 2.57 bits per heavy atom. The van der Waals surface area contributed by atoms with Crippen LogP contribution in [0.1, 0.15) is 21.5 Å². The molecule has 3 nitrogen and oxygen atoms in total. The van der Waals surface area contributed by atoms with E-state index in [-0.39, 0.29) is 18.3 Å². The number of hydrogen-bond acceptors (Lipinski definition) is 2. The van der Waals surface area contributed by atoms with Gasteiger partial charge in [0.2, 0.25) is 0 Å². The van der Waals surface area contributed by atoms with Crippen molar-refractivity contribution in [1.82, 2.24) is 0 Å². The smallest absolute Gasteiger partial charge is 0.255 e. The summed E-state index contributed by atoms with van der Waals surface area (Å²) < 4.78 is 13.2. The molecule has 0 aliphatic carbocycles. The van der Waals surface area contributed by atoms with Crippen LogP contribution in [0.3, 0.4) is 0 Å². The van der Waals surface area contributed by atoms with Gasteiger partial charge in [-0.05, 0) is 55.0 Å². The number of amides is 1. The summed E-state index contributed by atoms with van der Waals surface area (Å²) in [4.78, 5) is 12.1. The SMILES string of the molecule is Cc1cc(NC(=O)c2ccc(C#CCO)cc2)ccc1F. The Balaban J connectivity index is 2.11. The highest BCUT2D eigenvalue weighted by Crippen LogP contribution is 2.15. The minimum atomic E-state index is -0.306. The molecule has 0 radical (unpaired) electrons. The number of aliphatic hydroxyl groups excluding tert-OH is 1. The molecule has 4 heteroatoms. The maximum Gasteiger partial charge on any atom is 0.255 e. The summed E-state index contributed by atoms with van der Waals surface area (Å²) in [6, 6.07) is 11.1. The lowest BCUT2D eigenvalue weighted by Crippen LogP contribution is -2.12. The molecule has 21 heavy (non-hydrogen) atoms. The van der Waals surface area contributed by atoms with Crippen LogP contribution in [0.4, 0.5) is 10.1 Å². The molecule has 106 valence electrons. The molecule has 0 atom stereocenters. The van der Waals surface area contributed by atoms with Crippen molar-refractivity contribution in [2.24, 2.45) is 0 Å². The molecule has 2 aromatic rings. The molecule has 0 spiro atoms. The summed E-state index contributed by atoms with van der Waals surface area (Å²) in [5.41, 5.74) is 2.22. The van der Waals surface area contributed by atoms with Gasteiger partial charge < -0.3 is 10.4 Å². The number of rotatable bonds is 2. The van der Waals surface area contributed by atoms with E-state index >= 15 is 0 Å². The first-order chi connectivity index (χ1) is 10.1. The van der Waals surface area contributed by atoms with E-state index in [9.17, 15) is 9.18 Å². The Labute approximate surface area is 122 Å². The standard InChI is InChI=1S/C17H14FNO2/c1-12-11-15(8-9-16(12)18)19-17(21)14-6-4-13(5-7-14)3-2-10-20/h4-9,11,20H,10H2,1H3,(H,19,21). The predicted octanol–water partition coefficient (Wildman–Crippen LogP) is 2.73. The lowest BCUT2D eigenvalue weighted by Gasteiger charge is -2.06. The van der Waals surface area contributed by atoms with Gasteiger partial charge in [0.05, 0.1) is 0 Å². The van der Waals surface area contributed by atoms with Gasteiger partial charge in [-0.1, -0.05) is 11.8 Å². The number of aliphatic hydroxyl groups is 1. The number of aryl methyl sites for hydroxylation is 1. The van der Waals surface area contributed by atoms with E-state index in [0.29, 0.717) is 16.8 Å². The first-order valence-corrected chi connectivity index (χ1v) is 6.37. The third kappa shape index (κ3) is 3.91. The van der Waals surface area contributed by atoms with Gasteiger partial charge in [-0.2, -0.15) is 0 Å². The highest BCUT2D eigenvalue weighted by atomic mass is 19.1. The van der Waals surface area contributed by atoms with Crippen LogP contribution in [0.15, 0.2) is 42.5 Å². The third-order valence-electron chi connectivity index (χ3n) is 2.87. The summed E-state index contributed by atoms with van der Waals surface area (Å²) >= 11 is 0. The fourth-order valence-corrected chi connectivity index (χ4v) is 1.77. The number of benzene rings is 2. The first kappa shape index (κ1) is 14.8. The molecule has 1 amide bonds. The normalized spacial score (nSPS) is 9.67. The number of carbonyl (C=O) groups excluding carboxylic acids is 1. The van der Waals surface area contributed by atoms with Crippen molar-refractivity contribution in [3.63, 3.8) is 0 Å². The van der Waals surface area contributed by atoms with Crippen molar-refractivity contribution >= 4 is 11.6 Å². The van der Waals surface area contributed by atoms with Crippen LogP contribution in [-0.2, 0) is 0 Å². The molecule has 2 N–H and O–H groups in total. The summed E-state index contributed by atoms with van der Waals surface area (Å²) in [5.74, 6) is 4.70. The average molecular weight is 283 g/mol. The lowest BCUT2D eigenvalue weighted by molar-refractivity contribution is 0.102. The molecule has 0 aliphatic rings. The van der Waals surface area contributed by atoms with E-state index in [1.165, 1.54) is 12.1 Å². The third-order valence-corrected chi connectivity index (χ3v) is 2.87. The second kappa shape index (κ2) is 6.69. The molecule has 2 aromatic carbocycles. The zero-order chi connectivity index (χ0) is 15.2. The van der Waals surface area contributed by atoms with Gasteiger partial charge in [-0.3, -0.25) is 4.79 Å². The number of hydrogen-bond donors (Lipinski definition) is 2. The first-order valence-electron chi connectivity index (χ1n) is 6.37. The summed E-state index contributed by atoms with van der Waals surface area (Å²) in [5, 5.41) is 11.3. The molecule has 0 aliphatic heterocycles. The molecule has 0 aromatic heterocycles. The Kier molecular flexibility index (Phi) is 4.70. The van der Waals surface area contributed by atoms with E-state index in [1.54, 1.807) is 37.3 Å². The van der Waals surface area contributed by atoms with E-state index in [0.717, 1.165) is 5.56 Å². The Morgan fingerprint density at radius 1 is 1.24 bits per heavy atom. The predicted molar refractivity (Wildman–Crippen MR) is 79.5 cm³/mol. The largest absolute Gasteiger partial charge is 0.384 e. The van der Waals surface area contributed by atoms with Crippen molar-refractivity contribution in [1.29, 1.82) is 0 Å². The molecule has 0 saturated carbocycles. The van der Waals surface area contributed by atoms with Crippen molar-refractivity contribution < 1.29 is 14.3 Å². The zero-order valence-electron chi connectivity index (χ0n) is 11.5.